The predicted molar refractivity (Wildman–Crippen MR) is 86.2 cm³/mol. The van der Waals surface area contributed by atoms with Gasteiger partial charge in [-0.15, -0.1) is 0 Å². The highest BCUT2D eigenvalue weighted by Crippen LogP contribution is 2.63. The smallest absolute Gasteiger partial charge is 0.153 e. The fourth-order valence-electron chi connectivity index (χ4n) is 4.55. The van der Waals surface area contributed by atoms with E-state index in [0.29, 0.717) is 24.3 Å². The van der Waals surface area contributed by atoms with Crippen LogP contribution in [-0.4, -0.2) is 18.2 Å². The van der Waals surface area contributed by atoms with Crippen molar-refractivity contribution < 1.29 is 4.74 Å². The maximum Gasteiger partial charge on any atom is 0.153 e. The van der Waals surface area contributed by atoms with Gasteiger partial charge in [0.05, 0.1) is 23.5 Å². The lowest BCUT2D eigenvalue weighted by Crippen LogP contribution is -2.50. The molecule has 0 saturated carbocycles. The summed E-state index contributed by atoms with van der Waals surface area (Å²) in [6.45, 7) is 4.55. The Morgan fingerprint density at radius 1 is 1.05 bits per heavy atom. The third-order valence-electron chi connectivity index (χ3n) is 5.37. The van der Waals surface area contributed by atoms with E-state index in [2.05, 4.69) is 65.4 Å². The predicted octanol–water partition coefficient (Wildman–Crippen LogP) is 3.51. The second kappa shape index (κ2) is 3.41. The summed E-state index contributed by atoms with van der Waals surface area (Å²) in [6, 6.07) is 14.3. The summed E-state index contributed by atoms with van der Waals surface area (Å²) in [4.78, 5) is 5.06. The number of hydrogen-bond acceptors (Lipinski definition) is 4. The molecule has 0 amide bonds. The molecule has 0 aromatic heterocycles. The number of fused-ring (bicyclic) bond motifs is 3. The molecule has 1 saturated heterocycles. The van der Waals surface area contributed by atoms with E-state index >= 15 is 0 Å². The molecule has 4 heterocycles. The molecule has 1 N–H and O–H groups in total. The van der Waals surface area contributed by atoms with Gasteiger partial charge in [-0.3, -0.25) is 0 Å². The first kappa shape index (κ1) is 11.4. The normalized spacial score (nSPS) is 28.4. The Kier molecular flexibility index (Phi) is 1.76. The van der Waals surface area contributed by atoms with Gasteiger partial charge in [-0.2, -0.15) is 0 Å². The third kappa shape index (κ3) is 1.09. The van der Waals surface area contributed by atoms with E-state index in [0.717, 1.165) is 11.5 Å². The number of ether oxygens (including phenoxy) is 1. The van der Waals surface area contributed by atoms with Crippen molar-refractivity contribution in [1.82, 2.24) is 5.32 Å². The lowest BCUT2D eigenvalue weighted by molar-refractivity contribution is 0.461. The Morgan fingerprint density at radius 2 is 1.82 bits per heavy atom. The minimum atomic E-state index is 0.360. The minimum absolute atomic E-state index is 0.360. The van der Waals surface area contributed by atoms with Gasteiger partial charge in [-0.05, 0) is 37.6 Å². The zero-order valence-electron chi connectivity index (χ0n) is 12.6. The molecule has 4 nitrogen and oxygen atoms in total. The van der Waals surface area contributed by atoms with Gasteiger partial charge in [0.25, 0.3) is 0 Å². The summed E-state index contributed by atoms with van der Waals surface area (Å²) in [5.74, 6) is 1.97. The molecule has 4 aliphatic rings. The van der Waals surface area contributed by atoms with Crippen molar-refractivity contribution in [2.24, 2.45) is 0 Å². The average Bonchev–Trinajstić information content (AvgIpc) is 3.23. The quantitative estimate of drug-likeness (QED) is 0.816. The van der Waals surface area contributed by atoms with Crippen LogP contribution in [-0.2, 0) is 0 Å². The van der Waals surface area contributed by atoms with Crippen LogP contribution >= 0.6 is 0 Å². The molecule has 2 aromatic rings. The van der Waals surface area contributed by atoms with E-state index in [4.69, 9.17) is 4.74 Å². The summed E-state index contributed by atoms with van der Waals surface area (Å²) < 4.78 is 6.23. The first-order valence-corrected chi connectivity index (χ1v) is 8.03. The fourth-order valence-corrected chi connectivity index (χ4v) is 4.55. The molecule has 3 atom stereocenters. The monoisotopic (exact) mass is 291 g/mol. The molecule has 6 rings (SSSR count). The van der Waals surface area contributed by atoms with Crippen LogP contribution in [0.25, 0.3) is 0 Å². The van der Waals surface area contributed by atoms with Crippen molar-refractivity contribution in [2.45, 2.75) is 38.1 Å². The summed E-state index contributed by atoms with van der Waals surface area (Å²) in [5, 5.41) is 3.69. The fraction of sp³-hybridized carbons (Fsp3) is 0.333. The lowest BCUT2D eigenvalue weighted by atomic mass is 9.97. The van der Waals surface area contributed by atoms with Crippen LogP contribution in [0.1, 0.15) is 25.5 Å². The molecular weight excluding hydrogens is 274 g/mol. The zero-order chi connectivity index (χ0) is 14.6. The van der Waals surface area contributed by atoms with E-state index < -0.39 is 0 Å². The van der Waals surface area contributed by atoms with Crippen LogP contribution in [0.15, 0.2) is 36.4 Å². The van der Waals surface area contributed by atoms with Crippen LogP contribution in [0.3, 0.4) is 0 Å². The Hall–Kier alpha value is -2.20. The van der Waals surface area contributed by atoms with Crippen LogP contribution < -0.4 is 19.9 Å². The maximum atomic E-state index is 6.23. The van der Waals surface area contributed by atoms with Gasteiger partial charge in [-0.1, -0.05) is 18.2 Å². The first-order chi connectivity index (χ1) is 10.8. The SMILES string of the molecule is CC(C)N1c2cccc3c2N2c4c(cccc4C4NC4C21)O3. The second-order valence-corrected chi connectivity index (χ2v) is 6.87. The van der Waals surface area contributed by atoms with E-state index in [1.807, 2.05) is 0 Å². The summed E-state index contributed by atoms with van der Waals surface area (Å²) >= 11 is 0. The molecule has 22 heavy (non-hydrogen) atoms. The van der Waals surface area contributed by atoms with Crippen LogP contribution in [0.5, 0.6) is 11.5 Å². The average molecular weight is 291 g/mol. The molecule has 4 heteroatoms. The van der Waals surface area contributed by atoms with Gasteiger partial charge in [-0.25, -0.2) is 0 Å². The van der Waals surface area contributed by atoms with Crippen molar-refractivity contribution in [3.05, 3.63) is 42.0 Å². The van der Waals surface area contributed by atoms with Crippen LogP contribution in [0.4, 0.5) is 17.1 Å². The number of nitrogens with one attached hydrogen (secondary N) is 1. The van der Waals surface area contributed by atoms with Gasteiger partial charge in [0.15, 0.2) is 11.5 Å². The lowest BCUT2D eigenvalue weighted by Gasteiger charge is -2.40. The van der Waals surface area contributed by atoms with Gasteiger partial charge in [0.2, 0.25) is 0 Å². The minimum Gasteiger partial charge on any atom is -0.453 e. The molecule has 2 aromatic carbocycles. The molecule has 1 fully saturated rings. The summed E-state index contributed by atoms with van der Waals surface area (Å²) in [6.07, 6.45) is 0.360. The highest BCUT2D eigenvalue weighted by atomic mass is 16.5. The number of rotatable bonds is 1. The number of anilines is 3. The van der Waals surface area contributed by atoms with Gasteiger partial charge >= 0.3 is 0 Å². The molecule has 0 radical (unpaired) electrons. The van der Waals surface area contributed by atoms with Crippen molar-refractivity contribution in [1.29, 1.82) is 0 Å². The Labute approximate surface area is 129 Å². The summed E-state index contributed by atoms with van der Waals surface area (Å²) in [5.41, 5.74) is 5.19. The van der Waals surface area contributed by atoms with E-state index in [1.54, 1.807) is 0 Å². The first-order valence-electron chi connectivity index (χ1n) is 8.03. The van der Waals surface area contributed by atoms with E-state index in [-0.39, 0.29) is 0 Å². The molecular formula is C18H17N3O. The topological polar surface area (TPSA) is 37.7 Å². The molecule has 110 valence electrons. The zero-order valence-corrected chi connectivity index (χ0v) is 12.6. The van der Waals surface area contributed by atoms with Crippen molar-refractivity contribution in [2.75, 3.05) is 9.80 Å². The van der Waals surface area contributed by atoms with E-state index in [9.17, 15) is 0 Å². The maximum absolute atomic E-state index is 6.23. The molecule has 4 aliphatic heterocycles. The van der Waals surface area contributed by atoms with Crippen molar-refractivity contribution in [3.63, 3.8) is 0 Å². The number of nitrogens with zero attached hydrogens (tertiary/aromatic N) is 2. The highest BCUT2D eigenvalue weighted by Gasteiger charge is 2.59. The molecule has 0 bridgehead atoms. The van der Waals surface area contributed by atoms with Crippen molar-refractivity contribution >= 4 is 17.1 Å². The Bertz CT molecular complexity index is 831. The van der Waals surface area contributed by atoms with Crippen molar-refractivity contribution in [3.8, 4) is 11.5 Å². The summed E-state index contributed by atoms with van der Waals surface area (Å²) in [7, 11) is 0. The number of benzene rings is 2. The number of para-hydroxylation sites is 2. The van der Waals surface area contributed by atoms with Crippen LogP contribution in [0.2, 0.25) is 0 Å². The second-order valence-electron chi connectivity index (χ2n) is 6.87. The van der Waals surface area contributed by atoms with Gasteiger partial charge in [0.1, 0.15) is 11.9 Å². The highest BCUT2D eigenvalue weighted by molar-refractivity contribution is 5.95. The molecule has 3 unspecified atom stereocenters. The molecule has 0 aliphatic carbocycles. The van der Waals surface area contributed by atoms with Crippen LogP contribution in [0, 0.1) is 0 Å². The Morgan fingerprint density at radius 3 is 2.64 bits per heavy atom. The van der Waals surface area contributed by atoms with Gasteiger partial charge in [0, 0.05) is 6.04 Å². The number of hydrogen-bond donors (Lipinski definition) is 1. The Balaban J connectivity index is 1.72. The van der Waals surface area contributed by atoms with E-state index in [1.165, 1.54) is 22.6 Å². The third-order valence-corrected chi connectivity index (χ3v) is 5.37. The largest absolute Gasteiger partial charge is 0.453 e. The molecule has 0 spiro atoms. The van der Waals surface area contributed by atoms with Gasteiger partial charge < -0.3 is 19.9 Å². The standard InChI is InChI=1S/C18H17N3O/c1-9(2)20-11-6-4-8-13-17(11)21-16-10(5-3-7-12(16)22-13)14-15(19-14)18(20)21/h3-9,14-15,18-19H,1-2H3.